The molecule has 0 bridgehead atoms. The van der Waals surface area contributed by atoms with Gasteiger partial charge in [-0.15, -0.1) is 0 Å². The Balaban J connectivity index is 1.69. The minimum Gasteiger partial charge on any atom is -0.507 e. The van der Waals surface area contributed by atoms with Gasteiger partial charge in [0.15, 0.2) is 11.6 Å². The van der Waals surface area contributed by atoms with E-state index in [4.69, 9.17) is 9.97 Å². The molecule has 0 saturated heterocycles. The standard InChI is InChI=1S/C26H24N6O/c1-26(2,3)16-14-17(19-6-4-8-21(31-19)24-27-10-11-28-24)23(33)18(15-16)20-7-5-9-22(32-20)25-29-12-13-30-25/h4-15,33H,1-3H3,(H,27,28)(H,29,30). The highest BCUT2D eigenvalue weighted by molar-refractivity contribution is 5.81. The number of imidazole rings is 2. The maximum atomic E-state index is 11.4. The molecule has 33 heavy (non-hydrogen) atoms. The Hall–Kier alpha value is -4.26. The molecule has 3 N–H and O–H groups in total. The molecule has 0 saturated carbocycles. The third-order valence-corrected chi connectivity index (χ3v) is 5.51. The number of phenolic OH excluding ortho intramolecular Hbond substituents is 1. The number of nitrogens with zero attached hydrogens (tertiary/aromatic N) is 4. The summed E-state index contributed by atoms with van der Waals surface area (Å²) in [4.78, 5) is 24.3. The molecule has 0 radical (unpaired) electrons. The highest BCUT2D eigenvalue weighted by Gasteiger charge is 2.22. The Bertz CT molecular complexity index is 1300. The highest BCUT2D eigenvalue weighted by Crippen LogP contribution is 2.41. The number of pyridine rings is 2. The fourth-order valence-electron chi connectivity index (χ4n) is 3.70. The van der Waals surface area contributed by atoms with E-state index in [9.17, 15) is 5.11 Å². The summed E-state index contributed by atoms with van der Waals surface area (Å²) in [6.07, 6.45) is 6.91. The lowest BCUT2D eigenvalue weighted by molar-refractivity contribution is 0.478. The predicted molar refractivity (Wildman–Crippen MR) is 128 cm³/mol. The van der Waals surface area contributed by atoms with E-state index in [0.717, 1.165) is 5.56 Å². The Labute approximate surface area is 191 Å². The number of benzene rings is 1. The summed E-state index contributed by atoms with van der Waals surface area (Å²) < 4.78 is 0. The van der Waals surface area contributed by atoms with Crippen LogP contribution in [0.5, 0.6) is 5.75 Å². The van der Waals surface area contributed by atoms with E-state index in [1.165, 1.54) is 0 Å². The number of phenols is 1. The van der Waals surface area contributed by atoms with Crippen molar-refractivity contribution in [1.82, 2.24) is 29.9 Å². The molecule has 0 aliphatic rings. The minimum atomic E-state index is -0.144. The number of hydrogen-bond donors (Lipinski definition) is 3. The Morgan fingerprint density at radius 3 is 1.55 bits per heavy atom. The molecule has 4 heterocycles. The van der Waals surface area contributed by atoms with Crippen LogP contribution in [0.3, 0.4) is 0 Å². The van der Waals surface area contributed by atoms with Gasteiger partial charge in [0.2, 0.25) is 0 Å². The smallest absolute Gasteiger partial charge is 0.155 e. The second-order valence-electron chi connectivity index (χ2n) is 8.86. The van der Waals surface area contributed by atoms with Gasteiger partial charge in [-0.05, 0) is 47.4 Å². The van der Waals surface area contributed by atoms with E-state index < -0.39 is 0 Å². The first-order valence-electron chi connectivity index (χ1n) is 10.7. The fourth-order valence-corrected chi connectivity index (χ4v) is 3.70. The van der Waals surface area contributed by atoms with Crippen LogP contribution in [0, 0.1) is 0 Å². The molecule has 0 spiro atoms. The Kier molecular flexibility index (Phi) is 5.01. The van der Waals surface area contributed by atoms with Crippen LogP contribution in [0.2, 0.25) is 0 Å². The summed E-state index contributed by atoms with van der Waals surface area (Å²) in [5.74, 6) is 1.49. The fraction of sp³-hybridized carbons (Fsp3) is 0.154. The third-order valence-electron chi connectivity index (χ3n) is 5.51. The molecular weight excluding hydrogens is 412 g/mol. The van der Waals surface area contributed by atoms with Crippen molar-refractivity contribution in [1.29, 1.82) is 0 Å². The van der Waals surface area contributed by atoms with E-state index in [-0.39, 0.29) is 11.2 Å². The van der Waals surface area contributed by atoms with Crippen molar-refractivity contribution < 1.29 is 5.11 Å². The number of nitrogens with one attached hydrogen (secondary N) is 2. The summed E-state index contributed by atoms with van der Waals surface area (Å²) in [6.45, 7) is 6.44. The van der Waals surface area contributed by atoms with Gasteiger partial charge in [0.1, 0.15) is 17.1 Å². The van der Waals surface area contributed by atoms with Gasteiger partial charge >= 0.3 is 0 Å². The van der Waals surface area contributed by atoms with Crippen LogP contribution in [-0.4, -0.2) is 35.0 Å². The van der Waals surface area contributed by atoms with E-state index in [0.29, 0.717) is 45.6 Å². The van der Waals surface area contributed by atoms with Gasteiger partial charge in [0.05, 0.1) is 11.4 Å². The lowest BCUT2D eigenvalue weighted by Gasteiger charge is -2.22. The predicted octanol–water partition coefficient (Wildman–Crippen LogP) is 5.59. The molecule has 164 valence electrons. The highest BCUT2D eigenvalue weighted by atomic mass is 16.3. The summed E-state index contributed by atoms with van der Waals surface area (Å²) in [6, 6.07) is 15.4. The van der Waals surface area contributed by atoms with Crippen molar-refractivity contribution in [3.05, 3.63) is 78.9 Å². The first-order chi connectivity index (χ1) is 15.9. The lowest BCUT2D eigenvalue weighted by atomic mass is 9.83. The zero-order valence-electron chi connectivity index (χ0n) is 18.7. The van der Waals surface area contributed by atoms with Crippen LogP contribution in [0.25, 0.3) is 45.6 Å². The number of hydrogen-bond acceptors (Lipinski definition) is 5. The van der Waals surface area contributed by atoms with Crippen molar-refractivity contribution >= 4 is 0 Å². The van der Waals surface area contributed by atoms with Gasteiger partial charge in [-0.3, -0.25) is 0 Å². The molecule has 7 nitrogen and oxygen atoms in total. The van der Waals surface area contributed by atoms with Crippen molar-refractivity contribution in [3.63, 3.8) is 0 Å². The van der Waals surface area contributed by atoms with Crippen molar-refractivity contribution in [2.75, 3.05) is 0 Å². The Morgan fingerprint density at radius 2 is 1.15 bits per heavy atom. The van der Waals surface area contributed by atoms with Gasteiger partial charge in [-0.2, -0.15) is 0 Å². The maximum absolute atomic E-state index is 11.4. The molecule has 4 aromatic heterocycles. The molecule has 0 aliphatic carbocycles. The molecule has 5 rings (SSSR count). The number of rotatable bonds is 4. The quantitative estimate of drug-likeness (QED) is 0.340. The van der Waals surface area contributed by atoms with Gasteiger partial charge in [-0.25, -0.2) is 19.9 Å². The topological polar surface area (TPSA) is 103 Å². The molecule has 0 amide bonds. The molecule has 7 heteroatoms. The van der Waals surface area contributed by atoms with Gasteiger partial charge in [-0.1, -0.05) is 32.9 Å². The molecular formula is C26H24N6O. The molecule has 5 aromatic rings. The average molecular weight is 437 g/mol. The van der Waals surface area contributed by atoms with Crippen LogP contribution >= 0.6 is 0 Å². The molecule has 0 unspecified atom stereocenters. The molecule has 0 fully saturated rings. The first-order valence-corrected chi connectivity index (χ1v) is 10.7. The minimum absolute atomic E-state index is 0.135. The monoisotopic (exact) mass is 436 g/mol. The van der Waals surface area contributed by atoms with Crippen molar-refractivity contribution in [2.24, 2.45) is 0 Å². The number of aromatic amines is 2. The normalized spacial score (nSPS) is 11.6. The second kappa shape index (κ2) is 8.02. The Morgan fingerprint density at radius 1 is 0.697 bits per heavy atom. The number of H-pyrrole nitrogens is 2. The zero-order valence-corrected chi connectivity index (χ0v) is 18.7. The second-order valence-corrected chi connectivity index (χ2v) is 8.86. The SMILES string of the molecule is CC(C)(C)c1cc(-c2cccc(-c3ncc[nH]3)n2)c(O)c(-c2cccc(-c3ncc[nH]3)n2)c1. The third kappa shape index (κ3) is 4.01. The number of aromatic nitrogens is 6. The summed E-state index contributed by atoms with van der Waals surface area (Å²) in [7, 11) is 0. The number of aromatic hydroxyl groups is 1. The molecule has 0 atom stereocenters. The van der Waals surface area contributed by atoms with E-state index in [1.807, 2.05) is 48.5 Å². The summed E-state index contributed by atoms with van der Waals surface area (Å²) in [5, 5.41) is 11.4. The summed E-state index contributed by atoms with van der Waals surface area (Å²) in [5.41, 5.74) is 4.96. The van der Waals surface area contributed by atoms with E-state index in [1.54, 1.807) is 24.8 Å². The van der Waals surface area contributed by atoms with Crippen LogP contribution in [0.1, 0.15) is 26.3 Å². The van der Waals surface area contributed by atoms with E-state index >= 15 is 0 Å². The van der Waals surface area contributed by atoms with Crippen LogP contribution < -0.4 is 0 Å². The van der Waals surface area contributed by atoms with Gasteiger partial charge in [0, 0.05) is 35.9 Å². The molecule has 0 aliphatic heterocycles. The first kappa shape index (κ1) is 20.6. The zero-order chi connectivity index (χ0) is 23.0. The van der Waals surface area contributed by atoms with Crippen LogP contribution in [-0.2, 0) is 5.41 Å². The van der Waals surface area contributed by atoms with Crippen molar-refractivity contribution in [3.8, 4) is 51.3 Å². The average Bonchev–Trinajstić information content (AvgIpc) is 3.53. The summed E-state index contributed by atoms with van der Waals surface area (Å²) >= 11 is 0. The van der Waals surface area contributed by atoms with Crippen molar-refractivity contribution in [2.45, 2.75) is 26.2 Å². The van der Waals surface area contributed by atoms with Gasteiger partial charge < -0.3 is 15.1 Å². The molecule has 1 aromatic carbocycles. The van der Waals surface area contributed by atoms with Gasteiger partial charge in [0.25, 0.3) is 0 Å². The lowest BCUT2D eigenvalue weighted by Crippen LogP contribution is -2.11. The van der Waals surface area contributed by atoms with Crippen LogP contribution in [0.4, 0.5) is 0 Å². The maximum Gasteiger partial charge on any atom is 0.155 e. The largest absolute Gasteiger partial charge is 0.507 e. The van der Waals surface area contributed by atoms with E-state index in [2.05, 4.69) is 40.7 Å². The van der Waals surface area contributed by atoms with Crippen LogP contribution in [0.15, 0.2) is 73.3 Å².